The summed E-state index contributed by atoms with van der Waals surface area (Å²) in [5.41, 5.74) is 2.42. The molecule has 0 saturated carbocycles. The highest BCUT2D eigenvalue weighted by atomic mass is 35.5. The van der Waals surface area contributed by atoms with Crippen LogP contribution in [0.4, 0.5) is 0 Å². The van der Waals surface area contributed by atoms with Crippen LogP contribution >= 0.6 is 24.4 Å². The molecule has 0 N–H and O–H groups in total. The molecule has 0 aliphatic heterocycles. The Balaban J connectivity index is 2.21. The summed E-state index contributed by atoms with van der Waals surface area (Å²) in [5.74, 6) is 0.696. The van der Waals surface area contributed by atoms with E-state index in [0.717, 1.165) is 11.3 Å². The summed E-state index contributed by atoms with van der Waals surface area (Å²) in [5, 5.41) is 0.228. The fourth-order valence-electron chi connectivity index (χ4n) is 2.28. The van der Waals surface area contributed by atoms with Gasteiger partial charge in [-0.3, -0.25) is 9.55 Å². The molecule has 6 nitrogen and oxygen atoms in total. The van der Waals surface area contributed by atoms with Gasteiger partial charge in [-0.2, -0.15) is 0 Å². The molecule has 3 aromatic rings. The van der Waals surface area contributed by atoms with Crippen LogP contribution in [0.1, 0.15) is 36.8 Å². The number of rotatable bonds is 3. The number of pyridine rings is 1. The van der Waals surface area contributed by atoms with Gasteiger partial charge in [0.25, 0.3) is 0 Å². The van der Waals surface area contributed by atoms with Crippen molar-refractivity contribution < 1.29 is 0 Å². The Labute approximate surface area is 143 Å². The van der Waals surface area contributed by atoms with Crippen molar-refractivity contribution in [2.24, 2.45) is 0 Å². The molecule has 0 atom stereocenters. The summed E-state index contributed by atoms with van der Waals surface area (Å²) in [6.07, 6.45) is 1.75. The molecular weight excluding hydrogens is 334 g/mol. The first-order valence-electron chi connectivity index (χ1n) is 7.18. The first-order valence-corrected chi connectivity index (χ1v) is 7.95. The molecule has 0 radical (unpaired) electrons. The number of imidazole rings is 1. The second-order valence-electron chi connectivity index (χ2n) is 5.69. The van der Waals surface area contributed by atoms with Gasteiger partial charge in [-0.05, 0) is 18.6 Å². The molecule has 8 heteroatoms. The Morgan fingerprint density at radius 3 is 2.65 bits per heavy atom. The highest BCUT2D eigenvalue weighted by Crippen LogP contribution is 2.23. The van der Waals surface area contributed by atoms with Crippen molar-refractivity contribution in [2.75, 3.05) is 0 Å². The normalized spacial score (nSPS) is 11.6. The van der Waals surface area contributed by atoms with E-state index >= 15 is 0 Å². The SMILES string of the molecule is Cc1ccc(Cn2c(=O)n(S)c3c(Cl)nc(C(C)C)nc32)cn1. The van der Waals surface area contributed by atoms with Gasteiger partial charge in [0.2, 0.25) is 0 Å². The lowest BCUT2D eigenvalue weighted by atomic mass is 10.2. The minimum Gasteiger partial charge on any atom is -0.271 e. The zero-order valence-electron chi connectivity index (χ0n) is 13.0. The van der Waals surface area contributed by atoms with Gasteiger partial charge in [0.05, 0.1) is 6.54 Å². The Bertz CT molecular complexity index is 930. The van der Waals surface area contributed by atoms with E-state index in [4.69, 9.17) is 11.6 Å². The predicted molar refractivity (Wildman–Crippen MR) is 93.3 cm³/mol. The third-order valence-electron chi connectivity index (χ3n) is 3.55. The van der Waals surface area contributed by atoms with Gasteiger partial charge in [-0.15, -0.1) is 0 Å². The first kappa shape index (κ1) is 16.0. The smallest absolute Gasteiger partial charge is 0.271 e. The third-order valence-corrected chi connectivity index (χ3v) is 4.18. The Morgan fingerprint density at radius 2 is 2.04 bits per heavy atom. The number of nitrogens with zero attached hydrogens (tertiary/aromatic N) is 5. The molecule has 3 rings (SSSR count). The minimum atomic E-state index is -0.305. The Hall–Kier alpha value is -1.86. The standard InChI is InChI=1S/C15H16ClN5OS/c1-8(2)13-18-12(16)11-14(19-13)20(15(22)21(11)23)7-10-5-4-9(3)17-6-10/h4-6,8,23H,7H2,1-3H3. The monoisotopic (exact) mass is 349 g/mol. The molecular formula is C15H16ClN5OS. The summed E-state index contributed by atoms with van der Waals surface area (Å²) in [6, 6.07) is 3.84. The van der Waals surface area contributed by atoms with E-state index < -0.39 is 0 Å². The van der Waals surface area contributed by atoms with Crippen molar-refractivity contribution in [3.05, 3.63) is 51.0 Å². The van der Waals surface area contributed by atoms with E-state index in [-0.39, 0.29) is 16.8 Å². The van der Waals surface area contributed by atoms with E-state index in [1.54, 1.807) is 6.20 Å². The predicted octanol–water partition coefficient (Wildman–Crippen LogP) is 2.81. The number of fused-ring (bicyclic) bond motifs is 1. The second-order valence-corrected chi connectivity index (χ2v) is 6.45. The lowest BCUT2D eigenvalue weighted by Gasteiger charge is -2.07. The van der Waals surface area contributed by atoms with Gasteiger partial charge in [-0.25, -0.2) is 18.7 Å². The van der Waals surface area contributed by atoms with Crippen molar-refractivity contribution in [1.82, 2.24) is 23.5 Å². The quantitative estimate of drug-likeness (QED) is 0.583. The van der Waals surface area contributed by atoms with Crippen LogP contribution in [0.25, 0.3) is 11.2 Å². The maximum atomic E-state index is 12.5. The fourth-order valence-corrected chi connectivity index (χ4v) is 2.89. The maximum absolute atomic E-state index is 12.5. The third kappa shape index (κ3) is 2.86. The molecule has 0 unspecified atom stereocenters. The molecule has 0 spiro atoms. The number of aryl methyl sites for hydroxylation is 1. The van der Waals surface area contributed by atoms with Crippen molar-refractivity contribution in [3.8, 4) is 0 Å². The topological polar surface area (TPSA) is 65.6 Å². The first-order chi connectivity index (χ1) is 10.9. The Kier molecular flexibility index (Phi) is 4.16. The molecule has 0 aliphatic rings. The number of thiol groups is 1. The van der Waals surface area contributed by atoms with E-state index in [2.05, 4.69) is 27.8 Å². The van der Waals surface area contributed by atoms with Crippen LogP contribution in [0.5, 0.6) is 0 Å². The number of halogens is 1. The molecule has 3 heterocycles. The van der Waals surface area contributed by atoms with Gasteiger partial charge >= 0.3 is 5.69 Å². The van der Waals surface area contributed by atoms with Crippen molar-refractivity contribution in [1.29, 1.82) is 0 Å². The van der Waals surface area contributed by atoms with Crippen molar-refractivity contribution in [3.63, 3.8) is 0 Å². The molecule has 0 fully saturated rings. The van der Waals surface area contributed by atoms with E-state index in [1.807, 2.05) is 32.9 Å². The van der Waals surface area contributed by atoms with Gasteiger partial charge in [0.1, 0.15) is 11.3 Å². The Morgan fingerprint density at radius 1 is 1.30 bits per heavy atom. The van der Waals surface area contributed by atoms with Gasteiger partial charge in [-0.1, -0.05) is 44.3 Å². The molecule has 120 valence electrons. The average molecular weight is 350 g/mol. The summed E-state index contributed by atoms with van der Waals surface area (Å²) in [7, 11) is 0. The lowest BCUT2D eigenvalue weighted by Crippen LogP contribution is -2.21. The van der Waals surface area contributed by atoms with Crippen LogP contribution < -0.4 is 5.69 Å². The van der Waals surface area contributed by atoms with Crippen LogP contribution in [0, 0.1) is 6.92 Å². The zero-order chi connectivity index (χ0) is 16.7. The number of aromatic nitrogens is 5. The van der Waals surface area contributed by atoms with Gasteiger partial charge in [0.15, 0.2) is 10.8 Å². The van der Waals surface area contributed by atoms with Crippen LogP contribution in [0.2, 0.25) is 5.15 Å². The molecule has 0 saturated heterocycles. The molecule has 0 aromatic carbocycles. The van der Waals surface area contributed by atoms with Crippen molar-refractivity contribution in [2.45, 2.75) is 33.2 Å². The summed E-state index contributed by atoms with van der Waals surface area (Å²) < 4.78 is 2.72. The fraction of sp³-hybridized carbons (Fsp3) is 0.333. The molecule has 0 bridgehead atoms. The summed E-state index contributed by atoms with van der Waals surface area (Å²) in [4.78, 5) is 25.5. The van der Waals surface area contributed by atoms with Gasteiger partial charge in [0, 0.05) is 17.8 Å². The summed E-state index contributed by atoms with van der Waals surface area (Å²) >= 11 is 10.5. The maximum Gasteiger partial charge on any atom is 0.340 e. The molecule has 3 aromatic heterocycles. The average Bonchev–Trinajstić information content (AvgIpc) is 2.74. The number of hydrogen-bond donors (Lipinski definition) is 1. The second kappa shape index (κ2) is 5.98. The highest BCUT2D eigenvalue weighted by Gasteiger charge is 2.19. The molecule has 23 heavy (non-hydrogen) atoms. The highest BCUT2D eigenvalue weighted by molar-refractivity contribution is 7.78. The van der Waals surface area contributed by atoms with Crippen LogP contribution in [-0.4, -0.2) is 23.5 Å². The molecule has 0 amide bonds. The zero-order valence-corrected chi connectivity index (χ0v) is 14.6. The lowest BCUT2D eigenvalue weighted by molar-refractivity contribution is 0.746. The van der Waals surface area contributed by atoms with Crippen LogP contribution in [-0.2, 0) is 6.54 Å². The van der Waals surface area contributed by atoms with Crippen molar-refractivity contribution >= 4 is 35.6 Å². The number of hydrogen-bond acceptors (Lipinski definition) is 5. The van der Waals surface area contributed by atoms with E-state index in [0.29, 0.717) is 23.5 Å². The van der Waals surface area contributed by atoms with E-state index in [9.17, 15) is 4.79 Å². The van der Waals surface area contributed by atoms with Gasteiger partial charge < -0.3 is 0 Å². The van der Waals surface area contributed by atoms with Crippen LogP contribution in [0.3, 0.4) is 0 Å². The van der Waals surface area contributed by atoms with E-state index in [1.165, 1.54) is 8.54 Å². The minimum absolute atomic E-state index is 0.102. The summed E-state index contributed by atoms with van der Waals surface area (Å²) in [6.45, 7) is 6.21. The van der Waals surface area contributed by atoms with Crippen LogP contribution in [0.15, 0.2) is 23.1 Å². The molecule has 0 aliphatic carbocycles. The largest absolute Gasteiger partial charge is 0.340 e.